The summed E-state index contributed by atoms with van der Waals surface area (Å²) in [5, 5.41) is 7.15. The predicted octanol–water partition coefficient (Wildman–Crippen LogP) is 2.55. The smallest absolute Gasteiger partial charge is 0.0446 e. The summed E-state index contributed by atoms with van der Waals surface area (Å²) in [7, 11) is 0. The first kappa shape index (κ1) is 8.18. The standard InChI is InChI=1S/C9H14N2/c1-2-11-9-6-4-3-5-8(9)7-10/h2,7,10H,3-6H2,1H3. The van der Waals surface area contributed by atoms with E-state index in [4.69, 9.17) is 5.41 Å². The highest BCUT2D eigenvalue weighted by Crippen LogP contribution is 2.23. The SMILES string of the molecule is CC=NC1=C(C=N)CCCC1. The minimum Gasteiger partial charge on any atom is -0.308 e. The van der Waals surface area contributed by atoms with Gasteiger partial charge in [0, 0.05) is 18.1 Å². The minimum absolute atomic E-state index is 1.04. The second kappa shape index (κ2) is 4.06. The molecule has 0 aromatic heterocycles. The quantitative estimate of drug-likeness (QED) is 0.587. The van der Waals surface area contributed by atoms with E-state index in [1.165, 1.54) is 19.1 Å². The van der Waals surface area contributed by atoms with E-state index in [1.54, 1.807) is 0 Å². The van der Waals surface area contributed by atoms with E-state index >= 15 is 0 Å². The molecule has 0 aromatic rings. The van der Waals surface area contributed by atoms with E-state index in [2.05, 4.69) is 4.99 Å². The van der Waals surface area contributed by atoms with Crippen LogP contribution in [0.5, 0.6) is 0 Å². The Labute approximate surface area is 67.5 Å². The number of hydrogen-bond acceptors (Lipinski definition) is 2. The van der Waals surface area contributed by atoms with Crippen LogP contribution in [0.15, 0.2) is 16.3 Å². The number of nitrogens with one attached hydrogen (secondary N) is 1. The molecule has 2 nitrogen and oxygen atoms in total. The van der Waals surface area contributed by atoms with Crippen LogP contribution < -0.4 is 0 Å². The number of rotatable bonds is 2. The van der Waals surface area contributed by atoms with E-state index in [0.29, 0.717) is 0 Å². The number of nitrogens with zero attached hydrogens (tertiary/aromatic N) is 1. The Kier molecular flexibility index (Phi) is 3.02. The minimum atomic E-state index is 1.04. The van der Waals surface area contributed by atoms with Crippen molar-refractivity contribution < 1.29 is 0 Å². The van der Waals surface area contributed by atoms with E-state index in [-0.39, 0.29) is 0 Å². The van der Waals surface area contributed by atoms with Gasteiger partial charge in [0.1, 0.15) is 0 Å². The van der Waals surface area contributed by atoms with Crippen molar-refractivity contribution in [1.29, 1.82) is 5.41 Å². The molecule has 0 aromatic carbocycles. The maximum atomic E-state index is 7.15. The van der Waals surface area contributed by atoms with Crippen molar-refractivity contribution in [3.8, 4) is 0 Å². The molecule has 0 unspecified atom stereocenters. The van der Waals surface area contributed by atoms with Gasteiger partial charge in [0.2, 0.25) is 0 Å². The van der Waals surface area contributed by atoms with Crippen molar-refractivity contribution in [3.05, 3.63) is 11.3 Å². The van der Waals surface area contributed by atoms with Gasteiger partial charge in [0.25, 0.3) is 0 Å². The Balaban J connectivity index is 2.81. The second-order valence-corrected chi connectivity index (χ2v) is 2.71. The van der Waals surface area contributed by atoms with Gasteiger partial charge in [-0.3, -0.25) is 4.99 Å². The molecule has 1 aliphatic carbocycles. The Bertz CT molecular complexity index is 202. The Morgan fingerprint density at radius 2 is 2.09 bits per heavy atom. The van der Waals surface area contributed by atoms with Crippen molar-refractivity contribution >= 4 is 12.4 Å². The maximum absolute atomic E-state index is 7.15. The fraction of sp³-hybridized carbons (Fsp3) is 0.556. The molecule has 0 atom stereocenters. The van der Waals surface area contributed by atoms with Crippen molar-refractivity contribution in [1.82, 2.24) is 0 Å². The lowest BCUT2D eigenvalue weighted by atomic mass is 9.97. The lowest BCUT2D eigenvalue weighted by Crippen LogP contribution is -1.98. The molecular weight excluding hydrogens is 136 g/mol. The molecule has 0 saturated carbocycles. The summed E-state index contributed by atoms with van der Waals surface area (Å²) in [6, 6.07) is 0. The van der Waals surface area contributed by atoms with Crippen LogP contribution in [0.3, 0.4) is 0 Å². The fourth-order valence-electron chi connectivity index (χ4n) is 1.37. The van der Waals surface area contributed by atoms with Gasteiger partial charge in [0.05, 0.1) is 0 Å². The monoisotopic (exact) mass is 150 g/mol. The van der Waals surface area contributed by atoms with Crippen LogP contribution in [-0.4, -0.2) is 12.4 Å². The summed E-state index contributed by atoms with van der Waals surface area (Å²) in [5.41, 5.74) is 2.24. The third-order valence-electron chi connectivity index (χ3n) is 1.94. The van der Waals surface area contributed by atoms with Gasteiger partial charge in [0.15, 0.2) is 0 Å². The summed E-state index contributed by atoms with van der Waals surface area (Å²) in [5.74, 6) is 0. The maximum Gasteiger partial charge on any atom is 0.0446 e. The molecule has 0 aliphatic heterocycles. The van der Waals surface area contributed by atoms with Crippen molar-refractivity contribution in [2.45, 2.75) is 32.6 Å². The van der Waals surface area contributed by atoms with Gasteiger partial charge < -0.3 is 5.41 Å². The first-order chi connectivity index (χ1) is 5.38. The molecule has 0 radical (unpaired) electrons. The van der Waals surface area contributed by atoms with Crippen LogP contribution in [0, 0.1) is 5.41 Å². The zero-order chi connectivity index (χ0) is 8.10. The molecule has 1 aliphatic rings. The third-order valence-corrected chi connectivity index (χ3v) is 1.94. The van der Waals surface area contributed by atoms with Crippen LogP contribution in [0.25, 0.3) is 0 Å². The number of hydrogen-bond donors (Lipinski definition) is 1. The first-order valence-electron chi connectivity index (χ1n) is 4.09. The van der Waals surface area contributed by atoms with E-state index in [1.807, 2.05) is 13.1 Å². The molecule has 2 heteroatoms. The van der Waals surface area contributed by atoms with E-state index in [9.17, 15) is 0 Å². The fourth-order valence-corrected chi connectivity index (χ4v) is 1.37. The van der Waals surface area contributed by atoms with Gasteiger partial charge in [-0.05, 0) is 38.2 Å². The normalized spacial score (nSPS) is 19.4. The number of aliphatic imine (C=N–C) groups is 1. The van der Waals surface area contributed by atoms with E-state index < -0.39 is 0 Å². The highest BCUT2D eigenvalue weighted by Gasteiger charge is 2.08. The molecule has 0 saturated heterocycles. The molecule has 1 rings (SSSR count). The molecule has 0 heterocycles. The Morgan fingerprint density at radius 1 is 1.36 bits per heavy atom. The van der Waals surface area contributed by atoms with Crippen LogP contribution in [0.4, 0.5) is 0 Å². The summed E-state index contributed by atoms with van der Waals surface area (Å²) in [4.78, 5) is 4.24. The third kappa shape index (κ3) is 2.00. The molecule has 60 valence electrons. The van der Waals surface area contributed by atoms with Crippen molar-refractivity contribution in [3.63, 3.8) is 0 Å². The molecule has 0 bridgehead atoms. The molecule has 1 N–H and O–H groups in total. The topological polar surface area (TPSA) is 36.2 Å². The predicted molar refractivity (Wildman–Crippen MR) is 48.4 cm³/mol. The average Bonchev–Trinajstić information content (AvgIpc) is 2.06. The number of allylic oxidation sites excluding steroid dienone is 2. The van der Waals surface area contributed by atoms with Crippen LogP contribution in [-0.2, 0) is 0 Å². The lowest BCUT2D eigenvalue weighted by molar-refractivity contribution is 0.685. The van der Waals surface area contributed by atoms with Crippen LogP contribution in [0.1, 0.15) is 32.6 Å². The van der Waals surface area contributed by atoms with Gasteiger partial charge >= 0.3 is 0 Å². The molecular formula is C9H14N2. The zero-order valence-electron chi connectivity index (χ0n) is 6.93. The summed E-state index contributed by atoms with van der Waals surface area (Å²) >= 11 is 0. The first-order valence-corrected chi connectivity index (χ1v) is 4.09. The average molecular weight is 150 g/mol. The van der Waals surface area contributed by atoms with Crippen LogP contribution in [0.2, 0.25) is 0 Å². The summed E-state index contributed by atoms with van der Waals surface area (Å²) in [6.07, 6.45) is 7.79. The van der Waals surface area contributed by atoms with Crippen molar-refractivity contribution in [2.24, 2.45) is 4.99 Å². The van der Waals surface area contributed by atoms with Crippen molar-refractivity contribution in [2.75, 3.05) is 0 Å². The van der Waals surface area contributed by atoms with Gasteiger partial charge in [-0.2, -0.15) is 0 Å². The summed E-state index contributed by atoms with van der Waals surface area (Å²) in [6.45, 7) is 1.92. The second-order valence-electron chi connectivity index (χ2n) is 2.71. The molecule has 0 amide bonds. The molecule has 0 fully saturated rings. The largest absolute Gasteiger partial charge is 0.308 e. The lowest BCUT2D eigenvalue weighted by Gasteiger charge is -2.12. The molecule has 0 spiro atoms. The van der Waals surface area contributed by atoms with Crippen LogP contribution >= 0.6 is 0 Å². The van der Waals surface area contributed by atoms with Gasteiger partial charge in [-0.15, -0.1) is 0 Å². The van der Waals surface area contributed by atoms with Gasteiger partial charge in [-0.1, -0.05) is 0 Å². The molecule has 11 heavy (non-hydrogen) atoms. The highest BCUT2D eigenvalue weighted by atomic mass is 14.7. The Morgan fingerprint density at radius 3 is 2.73 bits per heavy atom. The summed E-state index contributed by atoms with van der Waals surface area (Å²) < 4.78 is 0. The zero-order valence-corrected chi connectivity index (χ0v) is 6.93. The van der Waals surface area contributed by atoms with Gasteiger partial charge in [-0.25, -0.2) is 0 Å². The highest BCUT2D eigenvalue weighted by molar-refractivity contribution is 5.77. The van der Waals surface area contributed by atoms with E-state index in [0.717, 1.165) is 24.1 Å². The Hall–Kier alpha value is -0.920.